The van der Waals surface area contributed by atoms with Crippen LogP contribution in [0.25, 0.3) is 0 Å². The number of carbonyl (C=O) groups excluding carboxylic acids is 1. The van der Waals surface area contributed by atoms with Gasteiger partial charge in [0.1, 0.15) is 12.6 Å². The van der Waals surface area contributed by atoms with Crippen molar-refractivity contribution in [3.63, 3.8) is 0 Å². The predicted octanol–water partition coefficient (Wildman–Crippen LogP) is 2.17. The van der Waals surface area contributed by atoms with Crippen LogP contribution in [0.3, 0.4) is 0 Å². The van der Waals surface area contributed by atoms with E-state index in [2.05, 4.69) is 36.3 Å². The summed E-state index contributed by atoms with van der Waals surface area (Å²) in [5.74, 6) is 0.306. The second-order valence-corrected chi connectivity index (χ2v) is 6.58. The van der Waals surface area contributed by atoms with Gasteiger partial charge in [0.15, 0.2) is 0 Å². The van der Waals surface area contributed by atoms with Crippen LogP contribution >= 0.6 is 0 Å². The number of rotatable bonds is 5. The quantitative estimate of drug-likeness (QED) is 0.844. The normalized spacial score (nSPS) is 16.9. The van der Waals surface area contributed by atoms with E-state index in [0.717, 1.165) is 12.1 Å². The number of fused-ring (bicyclic) bond motifs is 1. The summed E-state index contributed by atoms with van der Waals surface area (Å²) in [5, 5.41) is 8.12. The minimum Gasteiger partial charge on any atom is -0.371 e. The van der Waals surface area contributed by atoms with Crippen molar-refractivity contribution in [1.29, 1.82) is 0 Å². The van der Waals surface area contributed by atoms with E-state index >= 15 is 0 Å². The number of carbonyl (C=O) groups is 1. The molecule has 1 aromatic heterocycles. The zero-order valence-electron chi connectivity index (χ0n) is 14.5. The van der Waals surface area contributed by atoms with Crippen LogP contribution < -0.4 is 0 Å². The molecule has 0 saturated heterocycles. The maximum absolute atomic E-state index is 12.5. The number of likely N-dealkylation sites (N-methyl/N-ethyl adjacent to an activating group) is 1. The van der Waals surface area contributed by atoms with Crippen molar-refractivity contribution in [2.24, 2.45) is 0 Å². The van der Waals surface area contributed by atoms with Crippen LogP contribution in [0.1, 0.15) is 42.7 Å². The van der Waals surface area contributed by atoms with Crippen LogP contribution in [0.4, 0.5) is 0 Å². The number of ether oxygens (including phenoxy) is 1. The molecule has 1 aliphatic heterocycles. The minimum atomic E-state index is -0.0640. The number of nitrogens with zero attached hydrogens (tertiary/aromatic N) is 4. The maximum Gasteiger partial charge on any atom is 0.244 e. The largest absolute Gasteiger partial charge is 0.371 e. The summed E-state index contributed by atoms with van der Waals surface area (Å²) in [6.45, 7) is 5.55. The molecule has 2 aromatic rings. The number of hydrogen-bond acceptors (Lipinski definition) is 4. The van der Waals surface area contributed by atoms with E-state index in [9.17, 15) is 4.79 Å². The molecule has 0 N–H and O–H groups in total. The molecule has 128 valence electrons. The van der Waals surface area contributed by atoms with E-state index in [4.69, 9.17) is 4.74 Å². The SMILES string of the molecule is CC(C)c1cn(CC(=O)N(C)C[C@@H]2OCCc3ccccc32)nn1. The molecule has 1 amide bonds. The van der Waals surface area contributed by atoms with Crippen molar-refractivity contribution in [3.05, 3.63) is 47.3 Å². The van der Waals surface area contributed by atoms with Crippen LogP contribution in [0.2, 0.25) is 0 Å². The zero-order chi connectivity index (χ0) is 17.1. The first kappa shape index (κ1) is 16.6. The summed E-state index contributed by atoms with van der Waals surface area (Å²) < 4.78 is 7.48. The first-order valence-electron chi connectivity index (χ1n) is 8.38. The predicted molar refractivity (Wildman–Crippen MR) is 90.6 cm³/mol. The molecule has 24 heavy (non-hydrogen) atoms. The van der Waals surface area contributed by atoms with E-state index in [1.54, 1.807) is 9.58 Å². The van der Waals surface area contributed by atoms with Gasteiger partial charge in [0.25, 0.3) is 0 Å². The molecule has 0 unspecified atom stereocenters. The number of hydrogen-bond donors (Lipinski definition) is 0. The standard InChI is InChI=1S/C18H24N4O2/c1-13(2)16-10-22(20-19-16)12-18(23)21(3)11-17-15-7-5-4-6-14(15)8-9-24-17/h4-7,10,13,17H,8-9,11-12H2,1-3H3/t17-/m0/s1. The Morgan fingerprint density at radius 1 is 1.42 bits per heavy atom. The van der Waals surface area contributed by atoms with Gasteiger partial charge in [-0.1, -0.05) is 43.3 Å². The lowest BCUT2D eigenvalue weighted by Gasteiger charge is -2.29. The topological polar surface area (TPSA) is 60.2 Å². The monoisotopic (exact) mass is 328 g/mol. The molecule has 0 radical (unpaired) electrons. The lowest BCUT2D eigenvalue weighted by Crippen LogP contribution is -2.36. The van der Waals surface area contributed by atoms with Crippen molar-refractivity contribution < 1.29 is 9.53 Å². The molecule has 0 fully saturated rings. The van der Waals surface area contributed by atoms with Crippen molar-refractivity contribution in [3.8, 4) is 0 Å². The Morgan fingerprint density at radius 3 is 2.96 bits per heavy atom. The second-order valence-electron chi connectivity index (χ2n) is 6.58. The van der Waals surface area contributed by atoms with Crippen LogP contribution in [-0.2, 0) is 22.5 Å². The zero-order valence-corrected chi connectivity index (χ0v) is 14.5. The third-order valence-corrected chi connectivity index (χ3v) is 4.40. The fourth-order valence-electron chi connectivity index (χ4n) is 2.89. The van der Waals surface area contributed by atoms with Gasteiger partial charge in [0, 0.05) is 13.2 Å². The van der Waals surface area contributed by atoms with Crippen molar-refractivity contribution in [2.45, 2.75) is 38.8 Å². The van der Waals surface area contributed by atoms with Gasteiger partial charge in [-0.25, -0.2) is 4.68 Å². The number of amides is 1. The van der Waals surface area contributed by atoms with E-state index < -0.39 is 0 Å². The molecule has 1 atom stereocenters. The Morgan fingerprint density at radius 2 is 2.21 bits per heavy atom. The molecule has 1 aromatic carbocycles. The summed E-state index contributed by atoms with van der Waals surface area (Å²) in [7, 11) is 1.81. The minimum absolute atomic E-state index is 0.00172. The van der Waals surface area contributed by atoms with E-state index in [-0.39, 0.29) is 18.6 Å². The Balaban J connectivity index is 1.62. The van der Waals surface area contributed by atoms with Crippen molar-refractivity contribution in [1.82, 2.24) is 19.9 Å². The van der Waals surface area contributed by atoms with Gasteiger partial charge in [-0.2, -0.15) is 0 Å². The molecule has 0 spiro atoms. The summed E-state index contributed by atoms with van der Waals surface area (Å²) >= 11 is 0. The van der Waals surface area contributed by atoms with Gasteiger partial charge < -0.3 is 9.64 Å². The van der Waals surface area contributed by atoms with Crippen LogP contribution in [0.15, 0.2) is 30.5 Å². The van der Waals surface area contributed by atoms with Crippen molar-refractivity contribution in [2.75, 3.05) is 20.2 Å². The van der Waals surface area contributed by atoms with Gasteiger partial charge in [-0.05, 0) is 23.5 Å². The van der Waals surface area contributed by atoms with Gasteiger partial charge in [-0.3, -0.25) is 4.79 Å². The molecule has 3 rings (SSSR count). The van der Waals surface area contributed by atoms with Crippen LogP contribution in [0, 0.1) is 0 Å². The average molecular weight is 328 g/mol. The molecule has 2 heterocycles. The molecule has 1 aliphatic rings. The highest BCUT2D eigenvalue weighted by molar-refractivity contribution is 5.75. The molecule has 0 aliphatic carbocycles. The Labute approximate surface area is 142 Å². The highest BCUT2D eigenvalue weighted by Crippen LogP contribution is 2.27. The first-order valence-corrected chi connectivity index (χ1v) is 8.38. The number of aromatic nitrogens is 3. The summed E-state index contributed by atoms with van der Waals surface area (Å²) in [6, 6.07) is 8.29. The fourth-order valence-corrected chi connectivity index (χ4v) is 2.89. The highest BCUT2D eigenvalue weighted by Gasteiger charge is 2.23. The van der Waals surface area contributed by atoms with E-state index in [0.29, 0.717) is 19.1 Å². The molecule has 0 saturated carbocycles. The molecule has 6 heteroatoms. The highest BCUT2D eigenvalue weighted by atomic mass is 16.5. The number of benzene rings is 1. The van der Waals surface area contributed by atoms with E-state index in [1.807, 2.05) is 25.4 Å². The van der Waals surface area contributed by atoms with Crippen LogP contribution in [0.5, 0.6) is 0 Å². The Hall–Kier alpha value is -2.21. The van der Waals surface area contributed by atoms with Gasteiger partial charge in [0.2, 0.25) is 5.91 Å². The fraction of sp³-hybridized carbons (Fsp3) is 0.500. The van der Waals surface area contributed by atoms with Gasteiger partial charge in [-0.15, -0.1) is 5.10 Å². The van der Waals surface area contributed by atoms with Crippen molar-refractivity contribution >= 4 is 5.91 Å². The smallest absolute Gasteiger partial charge is 0.244 e. The first-order chi connectivity index (χ1) is 11.5. The lowest BCUT2D eigenvalue weighted by atomic mass is 9.97. The van der Waals surface area contributed by atoms with Gasteiger partial charge >= 0.3 is 0 Å². The van der Waals surface area contributed by atoms with E-state index in [1.165, 1.54) is 11.1 Å². The van der Waals surface area contributed by atoms with Crippen LogP contribution in [-0.4, -0.2) is 46.0 Å². The Kier molecular flexibility index (Phi) is 4.94. The maximum atomic E-state index is 12.5. The Bertz CT molecular complexity index is 711. The third kappa shape index (κ3) is 3.64. The van der Waals surface area contributed by atoms with Gasteiger partial charge in [0.05, 0.1) is 18.8 Å². The molecule has 6 nitrogen and oxygen atoms in total. The molecular weight excluding hydrogens is 304 g/mol. The average Bonchev–Trinajstić information content (AvgIpc) is 3.04. The summed E-state index contributed by atoms with van der Waals surface area (Å²) in [6.07, 6.45) is 2.70. The third-order valence-electron chi connectivity index (χ3n) is 4.40. The lowest BCUT2D eigenvalue weighted by molar-refractivity contribution is -0.132. The summed E-state index contributed by atoms with van der Waals surface area (Å²) in [4.78, 5) is 14.2. The summed E-state index contributed by atoms with van der Waals surface area (Å²) in [5.41, 5.74) is 3.40. The molecule has 0 bridgehead atoms. The molecular formula is C18H24N4O2. The second kappa shape index (κ2) is 7.13.